The van der Waals surface area contributed by atoms with E-state index in [4.69, 9.17) is 12.2 Å². The van der Waals surface area contributed by atoms with Gasteiger partial charge in [-0.2, -0.15) is 0 Å². The summed E-state index contributed by atoms with van der Waals surface area (Å²) in [7, 11) is 0. The summed E-state index contributed by atoms with van der Waals surface area (Å²) in [6, 6.07) is 0. The predicted octanol–water partition coefficient (Wildman–Crippen LogP) is 4.29. The van der Waals surface area contributed by atoms with Crippen LogP contribution in [0.25, 0.3) is 10.2 Å². The van der Waals surface area contributed by atoms with Gasteiger partial charge in [-0.3, -0.25) is 9.36 Å². The minimum absolute atomic E-state index is 0.0949. The third-order valence-corrected chi connectivity index (χ3v) is 6.72. The number of rotatable bonds is 1. The lowest BCUT2D eigenvalue weighted by Gasteiger charge is -2.26. The maximum absolute atomic E-state index is 13.2. The second-order valence-corrected chi connectivity index (χ2v) is 8.18. The topological polar surface area (TPSA) is 37.8 Å². The van der Waals surface area contributed by atoms with Crippen LogP contribution >= 0.6 is 23.6 Å². The number of nitrogens with zero attached hydrogens (tertiary/aromatic N) is 1. The molecule has 0 saturated heterocycles. The summed E-state index contributed by atoms with van der Waals surface area (Å²) in [4.78, 5) is 18.9. The monoisotopic (exact) mass is 320 g/mol. The van der Waals surface area contributed by atoms with Gasteiger partial charge in [-0.15, -0.1) is 11.3 Å². The maximum Gasteiger partial charge on any atom is 0.263 e. The normalized spacial score (nSPS) is 20.8. The molecular formula is C16H20N2OS2. The molecule has 21 heavy (non-hydrogen) atoms. The van der Waals surface area contributed by atoms with Gasteiger partial charge in [0.05, 0.1) is 5.39 Å². The van der Waals surface area contributed by atoms with Crippen molar-refractivity contribution in [1.82, 2.24) is 9.55 Å². The van der Waals surface area contributed by atoms with Crippen LogP contribution in [0.4, 0.5) is 0 Å². The molecule has 3 nitrogen and oxygen atoms in total. The molecule has 1 fully saturated rings. The van der Waals surface area contributed by atoms with Gasteiger partial charge in [0.25, 0.3) is 5.56 Å². The first kappa shape index (κ1) is 13.7. The van der Waals surface area contributed by atoms with Crippen LogP contribution < -0.4 is 5.56 Å². The van der Waals surface area contributed by atoms with Crippen LogP contribution in [0.3, 0.4) is 0 Å². The van der Waals surface area contributed by atoms with Crippen molar-refractivity contribution in [2.75, 3.05) is 0 Å². The fourth-order valence-electron chi connectivity index (χ4n) is 4.09. The van der Waals surface area contributed by atoms with E-state index in [0.29, 0.717) is 4.77 Å². The van der Waals surface area contributed by atoms with Gasteiger partial charge in [0.1, 0.15) is 4.83 Å². The number of fused-ring (bicyclic) bond motifs is 3. The molecule has 2 aromatic rings. The van der Waals surface area contributed by atoms with Crippen molar-refractivity contribution >= 4 is 33.8 Å². The molecule has 0 spiro atoms. The molecule has 1 saturated carbocycles. The average molecular weight is 320 g/mol. The third-order valence-electron chi connectivity index (χ3n) is 5.23. The van der Waals surface area contributed by atoms with Crippen molar-refractivity contribution in [1.29, 1.82) is 0 Å². The summed E-state index contributed by atoms with van der Waals surface area (Å²) in [5.74, 6) is 0. The van der Waals surface area contributed by atoms with Gasteiger partial charge in [0.2, 0.25) is 0 Å². The Morgan fingerprint density at radius 2 is 1.90 bits per heavy atom. The summed E-state index contributed by atoms with van der Waals surface area (Å²) in [6.07, 6.45) is 9.11. The molecule has 0 atom stereocenters. The summed E-state index contributed by atoms with van der Waals surface area (Å²) in [6.45, 7) is 2.19. The molecule has 112 valence electrons. The van der Waals surface area contributed by atoms with Crippen LogP contribution in [0.2, 0.25) is 0 Å². The number of H-pyrrole nitrogens is 1. The summed E-state index contributed by atoms with van der Waals surface area (Å²) >= 11 is 7.27. The summed E-state index contributed by atoms with van der Waals surface area (Å²) in [5.41, 5.74) is 1.35. The minimum atomic E-state index is -0.0949. The van der Waals surface area contributed by atoms with E-state index in [1.54, 1.807) is 11.3 Å². The molecule has 5 heteroatoms. The first-order valence-corrected chi connectivity index (χ1v) is 9.13. The predicted molar refractivity (Wildman–Crippen MR) is 90.0 cm³/mol. The van der Waals surface area contributed by atoms with Crippen molar-refractivity contribution in [2.45, 2.75) is 63.8 Å². The second-order valence-electron chi connectivity index (χ2n) is 6.69. The van der Waals surface area contributed by atoms with Crippen LogP contribution in [0, 0.1) is 4.77 Å². The number of aryl methyl sites for hydroxylation is 2. The molecule has 2 aliphatic rings. The van der Waals surface area contributed by atoms with Crippen LogP contribution in [0.5, 0.6) is 0 Å². The molecule has 0 radical (unpaired) electrons. The molecule has 4 rings (SSSR count). The zero-order valence-electron chi connectivity index (χ0n) is 12.3. The molecule has 0 unspecified atom stereocenters. The first-order valence-electron chi connectivity index (χ1n) is 7.90. The lowest BCUT2D eigenvalue weighted by atomic mass is 9.96. The standard InChI is InChI=1S/C16H20N2OS2/c1-16(8-4-5-9-16)18-14(19)12-10-6-2-3-7-11(10)21-13(12)17-15(18)20/h2-9H2,1H3,(H,17,20). The second kappa shape index (κ2) is 4.78. The van der Waals surface area contributed by atoms with Crippen LogP contribution in [-0.2, 0) is 18.4 Å². The number of nitrogens with one attached hydrogen (secondary N) is 1. The highest BCUT2D eigenvalue weighted by atomic mass is 32.1. The van der Waals surface area contributed by atoms with Gasteiger partial charge in [-0.25, -0.2) is 0 Å². The smallest absolute Gasteiger partial charge is 0.263 e. The Labute approximate surface area is 133 Å². The molecule has 2 aromatic heterocycles. The highest BCUT2D eigenvalue weighted by Gasteiger charge is 2.33. The third kappa shape index (κ3) is 1.97. The summed E-state index contributed by atoms with van der Waals surface area (Å²) in [5, 5.41) is 0.927. The highest BCUT2D eigenvalue weighted by Crippen LogP contribution is 2.37. The lowest BCUT2D eigenvalue weighted by molar-refractivity contribution is 0.313. The van der Waals surface area contributed by atoms with Crippen molar-refractivity contribution in [3.63, 3.8) is 0 Å². The number of aromatic nitrogens is 2. The molecule has 0 bridgehead atoms. The Morgan fingerprint density at radius 3 is 2.67 bits per heavy atom. The minimum Gasteiger partial charge on any atom is -0.323 e. The molecule has 0 aromatic carbocycles. The zero-order chi connectivity index (χ0) is 14.6. The quantitative estimate of drug-likeness (QED) is 0.796. The van der Waals surface area contributed by atoms with Crippen LogP contribution in [0.15, 0.2) is 4.79 Å². The van der Waals surface area contributed by atoms with Crippen molar-refractivity contribution in [2.24, 2.45) is 0 Å². The fourth-order valence-corrected chi connectivity index (χ4v) is 5.84. The molecule has 2 aliphatic carbocycles. The Bertz CT molecular complexity index is 821. The Balaban J connectivity index is 2.05. The van der Waals surface area contributed by atoms with E-state index in [1.807, 2.05) is 4.57 Å². The fraction of sp³-hybridized carbons (Fsp3) is 0.625. The number of aromatic amines is 1. The van der Waals surface area contributed by atoms with Gasteiger partial charge >= 0.3 is 0 Å². The Hall–Kier alpha value is -0.940. The first-order chi connectivity index (χ1) is 10.1. The lowest BCUT2D eigenvalue weighted by Crippen LogP contribution is -2.37. The van der Waals surface area contributed by atoms with Crippen molar-refractivity contribution < 1.29 is 0 Å². The van der Waals surface area contributed by atoms with Crippen LogP contribution in [0.1, 0.15) is 55.9 Å². The molecular weight excluding hydrogens is 300 g/mol. The van der Waals surface area contributed by atoms with Gasteiger partial charge in [0.15, 0.2) is 4.77 Å². The zero-order valence-corrected chi connectivity index (χ0v) is 14.0. The molecule has 1 N–H and O–H groups in total. The highest BCUT2D eigenvalue weighted by molar-refractivity contribution is 7.71. The van der Waals surface area contributed by atoms with E-state index in [1.165, 1.54) is 36.1 Å². The van der Waals surface area contributed by atoms with Gasteiger partial charge in [0, 0.05) is 10.4 Å². The Kier molecular flexibility index (Phi) is 3.12. The van der Waals surface area contributed by atoms with Gasteiger partial charge < -0.3 is 4.98 Å². The number of hydrogen-bond donors (Lipinski definition) is 1. The van der Waals surface area contributed by atoms with E-state index in [0.717, 1.165) is 35.9 Å². The molecule has 2 heterocycles. The van der Waals surface area contributed by atoms with Crippen molar-refractivity contribution in [3.8, 4) is 0 Å². The maximum atomic E-state index is 13.2. The van der Waals surface area contributed by atoms with E-state index in [2.05, 4.69) is 11.9 Å². The van der Waals surface area contributed by atoms with E-state index in [-0.39, 0.29) is 11.1 Å². The van der Waals surface area contributed by atoms with Gasteiger partial charge in [-0.05, 0) is 63.2 Å². The van der Waals surface area contributed by atoms with Crippen LogP contribution in [-0.4, -0.2) is 9.55 Å². The average Bonchev–Trinajstić information content (AvgIpc) is 3.02. The summed E-state index contributed by atoms with van der Waals surface area (Å²) < 4.78 is 2.50. The van der Waals surface area contributed by atoms with E-state index in [9.17, 15) is 4.79 Å². The van der Waals surface area contributed by atoms with Gasteiger partial charge in [-0.1, -0.05) is 12.8 Å². The molecule has 0 amide bonds. The molecule has 0 aliphatic heterocycles. The largest absolute Gasteiger partial charge is 0.323 e. The van der Waals surface area contributed by atoms with E-state index < -0.39 is 0 Å². The van der Waals surface area contributed by atoms with Crippen molar-refractivity contribution in [3.05, 3.63) is 25.6 Å². The number of thiophene rings is 1. The SMILES string of the molecule is CC1(n2c(=S)[nH]c3sc4c(c3c2=O)CCCC4)CCCC1. The Morgan fingerprint density at radius 1 is 1.19 bits per heavy atom. The van der Waals surface area contributed by atoms with E-state index >= 15 is 0 Å². The number of hydrogen-bond acceptors (Lipinski definition) is 3.